The zero-order chi connectivity index (χ0) is 16.8. The van der Waals surface area contributed by atoms with Gasteiger partial charge in [-0.3, -0.25) is 14.7 Å². The van der Waals surface area contributed by atoms with E-state index in [9.17, 15) is 14.4 Å². The molecule has 0 aliphatic rings. The van der Waals surface area contributed by atoms with E-state index in [2.05, 4.69) is 4.98 Å². The van der Waals surface area contributed by atoms with E-state index >= 15 is 0 Å². The summed E-state index contributed by atoms with van der Waals surface area (Å²) in [4.78, 5) is 39.1. The lowest BCUT2D eigenvalue weighted by molar-refractivity contribution is -0.139. The fraction of sp³-hybridized carbons (Fsp3) is 0.429. The highest BCUT2D eigenvalue weighted by Crippen LogP contribution is 2.14. The van der Waals surface area contributed by atoms with Crippen molar-refractivity contribution in [2.75, 3.05) is 13.3 Å². The van der Waals surface area contributed by atoms with Crippen LogP contribution < -0.4 is 0 Å². The smallest absolute Gasteiger partial charge is 0.413 e. The molecule has 1 rings (SSSR count). The van der Waals surface area contributed by atoms with Crippen molar-refractivity contribution >= 4 is 18.0 Å². The predicted molar refractivity (Wildman–Crippen MR) is 75.1 cm³/mol. The van der Waals surface area contributed by atoms with E-state index in [4.69, 9.17) is 14.6 Å². The molecule has 8 nitrogen and oxygen atoms in total. The molecular formula is C14H18N2O6. The molecule has 1 N–H and O–H groups in total. The van der Waals surface area contributed by atoms with Crippen LogP contribution in [-0.2, 0) is 14.3 Å². The molecule has 0 aliphatic carbocycles. The van der Waals surface area contributed by atoms with Crippen LogP contribution in [-0.4, -0.2) is 51.9 Å². The number of aromatic nitrogens is 1. The van der Waals surface area contributed by atoms with Gasteiger partial charge < -0.3 is 14.6 Å². The Morgan fingerprint density at radius 1 is 1.18 bits per heavy atom. The molecule has 0 spiro atoms. The van der Waals surface area contributed by atoms with Crippen molar-refractivity contribution in [1.29, 1.82) is 0 Å². The minimum Gasteiger partial charge on any atom is -0.480 e. The van der Waals surface area contributed by atoms with Gasteiger partial charge in [0, 0.05) is 17.9 Å². The Kier molecular flexibility index (Phi) is 5.85. The third kappa shape index (κ3) is 5.39. The van der Waals surface area contributed by atoms with E-state index in [-0.39, 0.29) is 5.56 Å². The lowest BCUT2D eigenvalue weighted by atomic mass is 10.1. The molecule has 0 aliphatic heterocycles. The molecule has 120 valence electrons. The SMILES string of the molecule is CC(C)(C)N(CC(=O)O)C(=O)OCOC(=O)c1ccncc1. The Morgan fingerprint density at radius 2 is 1.77 bits per heavy atom. The summed E-state index contributed by atoms with van der Waals surface area (Å²) in [5.41, 5.74) is -0.478. The van der Waals surface area contributed by atoms with Crippen LogP contribution >= 0.6 is 0 Å². The number of hydrogen-bond donors (Lipinski definition) is 1. The Morgan fingerprint density at radius 3 is 2.27 bits per heavy atom. The first-order chi connectivity index (χ1) is 10.2. The highest BCUT2D eigenvalue weighted by atomic mass is 16.7. The number of ether oxygens (including phenoxy) is 2. The van der Waals surface area contributed by atoms with Gasteiger partial charge in [0.15, 0.2) is 0 Å². The Balaban J connectivity index is 2.53. The molecule has 0 saturated heterocycles. The van der Waals surface area contributed by atoms with Gasteiger partial charge in [-0.15, -0.1) is 0 Å². The van der Waals surface area contributed by atoms with Crippen LogP contribution in [0.25, 0.3) is 0 Å². The second kappa shape index (κ2) is 7.39. The summed E-state index contributed by atoms with van der Waals surface area (Å²) in [7, 11) is 0. The number of carbonyl (C=O) groups is 3. The number of carbonyl (C=O) groups excluding carboxylic acids is 2. The topological polar surface area (TPSA) is 106 Å². The maximum Gasteiger partial charge on any atom is 0.413 e. The van der Waals surface area contributed by atoms with Crippen LogP contribution in [0.4, 0.5) is 4.79 Å². The van der Waals surface area contributed by atoms with Crippen LogP contribution in [0.15, 0.2) is 24.5 Å². The molecule has 1 amide bonds. The molecule has 0 saturated carbocycles. The van der Waals surface area contributed by atoms with E-state index < -0.39 is 36.9 Å². The summed E-state index contributed by atoms with van der Waals surface area (Å²) in [6.45, 7) is 3.88. The second-order valence-electron chi connectivity index (χ2n) is 5.35. The van der Waals surface area contributed by atoms with Crippen molar-refractivity contribution in [2.45, 2.75) is 26.3 Å². The molecule has 0 bridgehead atoms. The van der Waals surface area contributed by atoms with Crippen LogP contribution in [0.1, 0.15) is 31.1 Å². The maximum atomic E-state index is 11.9. The van der Waals surface area contributed by atoms with Crippen LogP contribution in [0, 0.1) is 0 Å². The molecule has 1 heterocycles. The lowest BCUT2D eigenvalue weighted by Crippen LogP contribution is -2.48. The van der Waals surface area contributed by atoms with Crippen molar-refractivity contribution < 1.29 is 29.0 Å². The van der Waals surface area contributed by atoms with Gasteiger partial charge in [-0.05, 0) is 32.9 Å². The Hall–Kier alpha value is -2.64. The molecule has 8 heteroatoms. The summed E-state index contributed by atoms with van der Waals surface area (Å²) in [6, 6.07) is 2.91. The number of amides is 1. The van der Waals surface area contributed by atoms with Crippen molar-refractivity contribution in [2.24, 2.45) is 0 Å². The summed E-state index contributed by atoms with van der Waals surface area (Å²) in [5.74, 6) is -1.84. The van der Waals surface area contributed by atoms with Crippen molar-refractivity contribution in [3.63, 3.8) is 0 Å². The van der Waals surface area contributed by atoms with Gasteiger partial charge in [0.05, 0.1) is 5.56 Å². The largest absolute Gasteiger partial charge is 0.480 e. The fourth-order valence-corrected chi connectivity index (χ4v) is 1.49. The number of hydrogen-bond acceptors (Lipinski definition) is 6. The number of pyridine rings is 1. The molecule has 22 heavy (non-hydrogen) atoms. The molecular weight excluding hydrogens is 292 g/mol. The summed E-state index contributed by atoms with van der Waals surface area (Å²) >= 11 is 0. The summed E-state index contributed by atoms with van der Waals surface area (Å²) in [6.07, 6.45) is 1.98. The zero-order valence-corrected chi connectivity index (χ0v) is 12.6. The number of carboxylic acids is 1. The number of rotatable bonds is 5. The third-order valence-corrected chi connectivity index (χ3v) is 2.61. The molecule has 0 radical (unpaired) electrons. The molecule has 1 aromatic heterocycles. The first-order valence-corrected chi connectivity index (χ1v) is 6.45. The van der Waals surface area contributed by atoms with Gasteiger partial charge in [-0.1, -0.05) is 0 Å². The highest BCUT2D eigenvalue weighted by molar-refractivity contribution is 5.89. The van der Waals surface area contributed by atoms with Gasteiger partial charge >= 0.3 is 18.0 Å². The molecule has 0 unspecified atom stereocenters. The van der Waals surface area contributed by atoms with Crippen LogP contribution in [0.5, 0.6) is 0 Å². The number of esters is 1. The first-order valence-electron chi connectivity index (χ1n) is 6.45. The summed E-state index contributed by atoms with van der Waals surface area (Å²) in [5, 5.41) is 8.82. The molecule has 0 atom stereocenters. The Labute approximate surface area is 127 Å². The predicted octanol–water partition coefficient (Wildman–Crippen LogP) is 1.52. The van der Waals surface area contributed by atoms with Crippen molar-refractivity contribution in [3.8, 4) is 0 Å². The van der Waals surface area contributed by atoms with Crippen LogP contribution in [0.3, 0.4) is 0 Å². The molecule has 0 aromatic carbocycles. The molecule has 0 fully saturated rings. The maximum absolute atomic E-state index is 11.9. The van der Waals surface area contributed by atoms with E-state index in [0.717, 1.165) is 4.90 Å². The second-order valence-corrected chi connectivity index (χ2v) is 5.35. The van der Waals surface area contributed by atoms with E-state index in [1.54, 1.807) is 20.8 Å². The average molecular weight is 310 g/mol. The monoisotopic (exact) mass is 310 g/mol. The number of carboxylic acid groups (broad SMARTS) is 1. The van der Waals surface area contributed by atoms with E-state index in [1.165, 1.54) is 24.5 Å². The van der Waals surface area contributed by atoms with E-state index in [0.29, 0.717) is 0 Å². The minimum atomic E-state index is -1.17. The van der Waals surface area contributed by atoms with Gasteiger partial charge in [0.1, 0.15) is 6.54 Å². The average Bonchev–Trinajstić information content (AvgIpc) is 2.44. The lowest BCUT2D eigenvalue weighted by Gasteiger charge is -2.33. The number of aliphatic carboxylic acids is 1. The summed E-state index contributed by atoms with van der Waals surface area (Å²) < 4.78 is 9.57. The van der Waals surface area contributed by atoms with Gasteiger partial charge in [-0.25, -0.2) is 9.59 Å². The standard InChI is InChI=1S/C14H18N2O6/c1-14(2,3)16(8-11(17)18)13(20)22-9-21-12(19)10-4-6-15-7-5-10/h4-7H,8-9H2,1-3H3,(H,17,18). The van der Waals surface area contributed by atoms with Gasteiger partial charge in [-0.2, -0.15) is 0 Å². The fourth-order valence-electron chi connectivity index (χ4n) is 1.49. The molecule has 1 aromatic rings. The normalized spacial score (nSPS) is 10.7. The van der Waals surface area contributed by atoms with Gasteiger partial charge in [0.25, 0.3) is 0 Å². The minimum absolute atomic E-state index is 0.268. The van der Waals surface area contributed by atoms with Crippen molar-refractivity contribution in [1.82, 2.24) is 9.88 Å². The Bertz CT molecular complexity index is 538. The zero-order valence-electron chi connectivity index (χ0n) is 12.6. The van der Waals surface area contributed by atoms with Crippen LogP contribution in [0.2, 0.25) is 0 Å². The van der Waals surface area contributed by atoms with E-state index in [1.807, 2.05) is 0 Å². The van der Waals surface area contributed by atoms with Crippen molar-refractivity contribution in [3.05, 3.63) is 30.1 Å². The number of nitrogens with zero attached hydrogens (tertiary/aromatic N) is 2. The quantitative estimate of drug-likeness (QED) is 0.649. The first kappa shape index (κ1) is 17.4. The highest BCUT2D eigenvalue weighted by Gasteiger charge is 2.29. The third-order valence-electron chi connectivity index (χ3n) is 2.61. The van der Waals surface area contributed by atoms with Gasteiger partial charge in [0.2, 0.25) is 6.79 Å².